The number of anilines is 1. The van der Waals surface area contributed by atoms with Gasteiger partial charge >= 0.3 is 0 Å². The maximum absolute atomic E-state index is 12.7. The molecule has 2 rings (SSSR count). The number of rotatable bonds is 12. The molecule has 0 aliphatic carbocycles. The molecule has 1 N–H and O–H groups in total. The molecule has 0 atom stereocenters. The van der Waals surface area contributed by atoms with E-state index in [1.807, 2.05) is 17.9 Å². The Morgan fingerprint density at radius 1 is 0.935 bits per heavy atom. The van der Waals surface area contributed by atoms with E-state index in [-0.39, 0.29) is 30.7 Å². The van der Waals surface area contributed by atoms with Crippen molar-refractivity contribution in [3.8, 4) is 0 Å². The van der Waals surface area contributed by atoms with E-state index >= 15 is 0 Å². The fourth-order valence-electron chi connectivity index (χ4n) is 3.23. The van der Waals surface area contributed by atoms with Crippen LogP contribution >= 0.6 is 11.3 Å². The Labute approximate surface area is 188 Å². The van der Waals surface area contributed by atoms with E-state index in [1.165, 1.54) is 16.2 Å². The Hall–Kier alpha value is -2.74. The van der Waals surface area contributed by atoms with Gasteiger partial charge in [0.15, 0.2) is 5.13 Å². The Bertz CT molecular complexity index is 848. The average Bonchev–Trinajstić information content (AvgIpc) is 3.19. The number of carbonyl (C=O) groups is 3. The van der Waals surface area contributed by atoms with Crippen LogP contribution in [0.3, 0.4) is 0 Å². The zero-order valence-electron chi connectivity index (χ0n) is 18.6. The van der Waals surface area contributed by atoms with E-state index in [9.17, 15) is 14.4 Å². The summed E-state index contributed by atoms with van der Waals surface area (Å²) in [5.74, 6) is -0.423. The van der Waals surface area contributed by atoms with Gasteiger partial charge in [-0.25, -0.2) is 4.98 Å². The number of nitrogens with zero attached hydrogens (tertiary/aromatic N) is 3. The molecular weight excluding hydrogens is 412 g/mol. The Kier molecular flexibility index (Phi) is 10.2. The van der Waals surface area contributed by atoms with Gasteiger partial charge in [-0.2, -0.15) is 0 Å². The van der Waals surface area contributed by atoms with Crippen LogP contribution in [0.25, 0.3) is 0 Å². The van der Waals surface area contributed by atoms with Gasteiger partial charge in [0, 0.05) is 30.6 Å². The Balaban J connectivity index is 1.95. The number of carbonyl (C=O) groups excluding carboxylic acids is 3. The second kappa shape index (κ2) is 12.8. The zero-order chi connectivity index (χ0) is 22.6. The highest BCUT2D eigenvalue weighted by atomic mass is 32.1. The molecule has 0 unspecified atom stereocenters. The molecular formula is C23H32N4O3S. The van der Waals surface area contributed by atoms with Gasteiger partial charge in [-0.3, -0.25) is 14.4 Å². The van der Waals surface area contributed by atoms with E-state index < -0.39 is 0 Å². The van der Waals surface area contributed by atoms with Gasteiger partial charge in [0.25, 0.3) is 5.91 Å². The SMILES string of the molecule is CCCN(CCC)C(=O)Cc1csc(NC(=O)CN(CCC)C(=O)c2ccccc2)n1. The molecule has 0 aliphatic heterocycles. The van der Waals surface area contributed by atoms with Gasteiger partial charge < -0.3 is 15.1 Å². The van der Waals surface area contributed by atoms with Crippen molar-refractivity contribution in [1.29, 1.82) is 0 Å². The van der Waals surface area contributed by atoms with Crippen LogP contribution in [0.1, 0.15) is 56.1 Å². The highest BCUT2D eigenvalue weighted by Crippen LogP contribution is 2.17. The molecule has 0 bridgehead atoms. The molecule has 1 aromatic heterocycles. The Morgan fingerprint density at radius 2 is 1.55 bits per heavy atom. The number of amides is 3. The minimum Gasteiger partial charge on any atom is -0.342 e. The zero-order valence-corrected chi connectivity index (χ0v) is 19.4. The molecule has 0 spiro atoms. The van der Waals surface area contributed by atoms with E-state index in [4.69, 9.17) is 0 Å². The average molecular weight is 445 g/mol. The van der Waals surface area contributed by atoms with Crippen molar-refractivity contribution >= 4 is 34.2 Å². The largest absolute Gasteiger partial charge is 0.342 e. The number of aromatic nitrogens is 1. The van der Waals surface area contributed by atoms with Gasteiger partial charge in [-0.15, -0.1) is 11.3 Å². The van der Waals surface area contributed by atoms with Crippen molar-refractivity contribution in [3.63, 3.8) is 0 Å². The maximum Gasteiger partial charge on any atom is 0.254 e. The lowest BCUT2D eigenvalue weighted by Gasteiger charge is -2.21. The lowest BCUT2D eigenvalue weighted by atomic mass is 10.2. The van der Waals surface area contributed by atoms with Crippen molar-refractivity contribution < 1.29 is 14.4 Å². The molecule has 0 saturated carbocycles. The number of hydrogen-bond acceptors (Lipinski definition) is 5. The van der Waals surface area contributed by atoms with Gasteiger partial charge in [0.1, 0.15) is 6.54 Å². The van der Waals surface area contributed by atoms with Crippen LogP contribution in [-0.4, -0.2) is 58.7 Å². The number of nitrogens with one attached hydrogen (secondary N) is 1. The van der Waals surface area contributed by atoms with Crippen molar-refractivity contribution in [3.05, 3.63) is 47.0 Å². The number of thiazole rings is 1. The van der Waals surface area contributed by atoms with Crippen LogP contribution in [0.5, 0.6) is 0 Å². The topological polar surface area (TPSA) is 82.6 Å². The smallest absolute Gasteiger partial charge is 0.254 e. The summed E-state index contributed by atoms with van der Waals surface area (Å²) >= 11 is 1.29. The molecule has 0 fully saturated rings. The molecule has 7 nitrogen and oxygen atoms in total. The minimum absolute atomic E-state index is 0.0454. The Morgan fingerprint density at radius 3 is 2.16 bits per heavy atom. The summed E-state index contributed by atoms with van der Waals surface area (Å²) in [5.41, 5.74) is 1.20. The summed E-state index contributed by atoms with van der Waals surface area (Å²) in [7, 11) is 0. The summed E-state index contributed by atoms with van der Waals surface area (Å²) in [6.45, 7) is 7.99. The van der Waals surface area contributed by atoms with Crippen molar-refractivity contribution in [2.75, 3.05) is 31.5 Å². The second-order valence-corrected chi connectivity index (χ2v) is 8.20. The third kappa shape index (κ3) is 7.79. The summed E-state index contributed by atoms with van der Waals surface area (Å²) in [4.78, 5) is 45.5. The summed E-state index contributed by atoms with van der Waals surface area (Å²) < 4.78 is 0. The van der Waals surface area contributed by atoms with E-state index in [1.54, 1.807) is 29.6 Å². The molecule has 1 aromatic carbocycles. The van der Waals surface area contributed by atoms with Gasteiger partial charge in [-0.05, 0) is 31.4 Å². The molecule has 8 heteroatoms. The fraction of sp³-hybridized carbons (Fsp3) is 0.478. The first-order valence-electron chi connectivity index (χ1n) is 10.8. The fourth-order valence-corrected chi connectivity index (χ4v) is 3.96. The van der Waals surface area contributed by atoms with Gasteiger partial charge in [0.2, 0.25) is 11.8 Å². The van der Waals surface area contributed by atoms with Crippen LogP contribution < -0.4 is 5.32 Å². The highest BCUT2D eigenvalue weighted by molar-refractivity contribution is 7.13. The molecule has 3 amide bonds. The third-order valence-electron chi connectivity index (χ3n) is 4.61. The van der Waals surface area contributed by atoms with Crippen molar-refractivity contribution in [2.24, 2.45) is 0 Å². The minimum atomic E-state index is -0.302. The summed E-state index contributed by atoms with van der Waals surface area (Å²) in [6, 6.07) is 8.94. The predicted octanol–water partition coefficient (Wildman–Crippen LogP) is 3.83. The normalized spacial score (nSPS) is 10.5. The first-order chi connectivity index (χ1) is 15.0. The highest BCUT2D eigenvalue weighted by Gasteiger charge is 2.19. The third-order valence-corrected chi connectivity index (χ3v) is 5.41. The quantitative estimate of drug-likeness (QED) is 0.539. The molecule has 168 valence electrons. The molecule has 0 radical (unpaired) electrons. The summed E-state index contributed by atoms with van der Waals surface area (Å²) in [6.07, 6.45) is 2.81. The van der Waals surface area contributed by atoms with Crippen LogP contribution in [0.4, 0.5) is 5.13 Å². The lowest BCUT2D eigenvalue weighted by molar-refractivity contribution is -0.130. The molecule has 31 heavy (non-hydrogen) atoms. The van der Waals surface area contributed by atoms with Crippen LogP contribution in [0.2, 0.25) is 0 Å². The van der Waals surface area contributed by atoms with Crippen molar-refractivity contribution in [1.82, 2.24) is 14.8 Å². The molecule has 1 heterocycles. The van der Waals surface area contributed by atoms with E-state index in [0.29, 0.717) is 22.9 Å². The van der Waals surface area contributed by atoms with Crippen LogP contribution in [0.15, 0.2) is 35.7 Å². The first kappa shape index (κ1) is 24.5. The lowest BCUT2D eigenvalue weighted by Crippen LogP contribution is -2.38. The second-order valence-electron chi connectivity index (χ2n) is 7.34. The van der Waals surface area contributed by atoms with E-state index in [2.05, 4.69) is 24.1 Å². The number of benzene rings is 1. The van der Waals surface area contributed by atoms with Crippen LogP contribution in [0, 0.1) is 0 Å². The van der Waals surface area contributed by atoms with Crippen molar-refractivity contribution in [2.45, 2.75) is 46.5 Å². The van der Waals surface area contributed by atoms with E-state index in [0.717, 1.165) is 32.4 Å². The maximum atomic E-state index is 12.7. The monoisotopic (exact) mass is 444 g/mol. The first-order valence-corrected chi connectivity index (χ1v) is 11.7. The predicted molar refractivity (Wildman–Crippen MR) is 124 cm³/mol. The molecule has 2 aromatic rings. The number of hydrogen-bond donors (Lipinski definition) is 1. The summed E-state index contributed by atoms with van der Waals surface area (Å²) in [5, 5.41) is 4.99. The van der Waals surface area contributed by atoms with Crippen LogP contribution in [-0.2, 0) is 16.0 Å². The molecule has 0 saturated heterocycles. The van der Waals surface area contributed by atoms with Gasteiger partial charge in [0.05, 0.1) is 12.1 Å². The van der Waals surface area contributed by atoms with Gasteiger partial charge in [-0.1, -0.05) is 39.0 Å². The standard InChI is InChI=1S/C23H32N4O3S/c1-4-12-26(13-5-2)21(29)15-19-17-31-23(24-19)25-20(28)16-27(14-6-3)22(30)18-10-8-7-9-11-18/h7-11,17H,4-6,12-16H2,1-3H3,(H,24,25,28). The molecule has 0 aliphatic rings.